The van der Waals surface area contributed by atoms with E-state index >= 15 is 0 Å². The van der Waals surface area contributed by atoms with Gasteiger partial charge in [0.1, 0.15) is 5.65 Å². The predicted octanol–water partition coefficient (Wildman–Crippen LogP) is 3.49. The van der Waals surface area contributed by atoms with Gasteiger partial charge >= 0.3 is 0 Å². The standard InChI is InChI=1S/C16H23N3S/c1-20-16(8-4-2-5-9-16)13-17-11-14-12-19-10-6-3-7-15(19)18-14/h3,6-7,10,12,17H,2,4-5,8-9,11,13H2,1H3. The van der Waals surface area contributed by atoms with E-state index < -0.39 is 0 Å². The summed E-state index contributed by atoms with van der Waals surface area (Å²) >= 11 is 2.05. The van der Waals surface area contributed by atoms with Crippen molar-refractivity contribution in [1.29, 1.82) is 0 Å². The largest absolute Gasteiger partial charge is 0.310 e. The van der Waals surface area contributed by atoms with E-state index in [2.05, 4.69) is 33.4 Å². The average molecular weight is 289 g/mol. The maximum atomic E-state index is 4.64. The van der Waals surface area contributed by atoms with E-state index in [9.17, 15) is 0 Å². The molecule has 20 heavy (non-hydrogen) atoms. The zero-order chi connectivity index (χ0) is 13.8. The first kappa shape index (κ1) is 14.0. The summed E-state index contributed by atoms with van der Waals surface area (Å²) in [7, 11) is 0. The molecular weight excluding hydrogens is 266 g/mol. The van der Waals surface area contributed by atoms with E-state index in [1.54, 1.807) is 0 Å². The minimum absolute atomic E-state index is 0.456. The molecule has 0 atom stereocenters. The molecule has 2 aromatic rings. The van der Waals surface area contributed by atoms with Gasteiger partial charge in [-0.25, -0.2) is 4.98 Å². The van der Waals surface area contributed by atoms with Crippen molar-refractivity contribution in [1.82, 2.24) is 14.7 Å². The Bertz CT molecular complexity index is 525. The second-order valence-electron chi connectivity index (χ2n) is 5.75. The van der Waals surface area contributed by atoms with Crippen molar-refractivity contribution in [3.8, 4) is 0 Å². The number of nitrogens with one attached hydrogen (secondary N) is 1. The Morgan fingerprint density at radius 3 is 2.90 bits per heavy atom. The van der Waals surface area contributed by atoms with Crippen molar-refractivity contribution in [2.24, 2.45) is 0 Å². The van der Waals surface area contributed by atoms with E-state index in [0.29, 0.717) is 4.75 Å². The lowest BCUT2D eigenvalue weighted by Crippen LogP contribution is -2.39. The molecule has 0 aromatic carbocycles. The number of hydrogen-bond acceptors (Lipinski definition) is 3. The number of hydrogen-bond donors (Lipinski definition) is 1. The molecule has 2 heterocycles. The van der Waals surface area contributed by atoms with Crippen LogP contribution in [0, 0.1) is 0 Å². The fourth-order valence-corrected chi connectivity index (χ4v) is 4.08. The van der Waals surface area contributed by atoms with Gasteiger partial charge in [-0.05, 0) is 31.2 Å². The van der Waals surface area contributed by atoms with Crippen LogP contribution >= 0.6 is 11.8 Å². The number of pyridine rings is 1. The summed E-state index contributed by atoms with van der Waals surface area (Å²) in [5.41, 5.74) is 2.16. The normalized spacial score (nSPS) is 18.4. The summed E-state index contributed by atoms with van der Waals surface area (Å²) in [5, 5.41) is 3.63. The van der Waals surface area contributed by atoms with Crippen molar-refractivity contribution in [3.63, 3.8) is 0 Å². The number of aromatic nitrogens is 2. The van der Waals surface area contributed by atoms with Crippen LogP contribution in [0.2, 0.25) is 0 Å². The van der Waals surface area contributed by atoms with Gasteiger partial charge in [0, 0.05) is 30.2 Å². The summed E-state index contributed by atoms with van der Waals surface area (Å²) in [4.78, 5) is 4.64. The molecule has 0 radical (unpaired) electrons. The minimum atomic E-state index is 0.456. The van der Waals surface area contributed by atoms with Crippen molar-refractivity contribution in [3.05, 3.63) is 36.3 Å². The van der Waals surface area contributed by atoms with Crippen LogP contribution in [-0.2, 0) is 6.54 Å². The van der Waals surface area contributed by atoms with Gasteiger partial charge in [-0.15, -0.1) is 0 Å². The number of imidazole rings is 1. The average Bonchev–Trinajstić information content (AvgIpc) is 2.91. The molecule has 1 aliphatic rings. The highest BCUT2D eigenvalue weighted by Gasteiger charge is 2.30. The fourth-order valence-electron chi connectivity index (χ4n) is 3.14. The first-order chi connectivity index (χ1) is 9.81. The fraction of sp³-hybridized carbons (Fsp3) is 0.562. The molecule has 0 saturated heterocycles. The molecule has 1 N–H and O–H groups in total. The first-order valence-corrected chi connectivity index (χ1v) is 8.72. The first-order valence-electron chi connectivity index (χ1n) is 7.50. The Kier molecular flexibility index (Phi) is 4.32. The number of thioether (sulfide) groups is 1. The topological polar surface area (TPSA) is 29.3 Å². The smallest absolute Gasteiger partial charge is 0.137 e. The third kappa shape index (κ3) is 3.01. The van der Waals surface area contributed by atoms with Crippen LogP contribution in [0.25, 0.3) is 5.65 Å². The molecule has 0 spiro atoms. The van der Waals surface area contributed by atoms with Crippen molar-refractivity contribution in [2.45, 2.75) is 43.4 Å². The number of nitrogens with zero attached hydrogens (tertiary/aromatic N) is 2. The number of rotatable bonds is 5. The molecule has 3 rings (SSSR count). The predicted molar refractivity (Wildman–Crippen MR) is 86.2 cm³/mol. The molecule has 0 amide bonds. The monoisotopic (exact) mass is 289 g/mol. The maximum Gasteiger partial charge on any atom is 0.137 e. The Labute approximate surface area is 125 Å². The molecule has 4 heteroatoms. The van der Waals surface area contributed by atoms with E-state index in [-0.39, 0.29) is 0 Å². The van der Waals surface area contributed by atoms with Gasteiger partial charge in [0.2, 0.25) is 0 Å². The summed E-state index contributed by atoms with van der Waals surface area (Å²) in [6.07, 6.45) is 13.3. The molecule has 2 aromatic heterocycles. The molecule has 1 fully saturated rings. The third-order valence-electron chi connectivity index (χ3n) is 4.36. The lowest BCUT2D eigenvalue weighted by Gasteiger charge is -2.36. The highest BCUT2D eigenvalue weighted by molar-refractivity contribution is 8.00. The van der Waals surface area contributed by atoms with Crippen LogP contribution < -0.4 is 5.32 Å². The Hall–Kier alpha value is -1.00. The minimum Gasteiger partial charge on any atom is -0.310 e. The van der Waals surface area contributed by atoms with Gasteiger partial charge < -0.3 is 9.72 Å². The maximum absolute atomic E-state index is 4.64. The second-order valence-corrected chi connectivity index (χ2v) is 7.02. The van der Waals surface area contributed by atoms with Gasteiger partial charge in [-0.2, -0.15) is 11.8 Å². The van der Waals surface area contributed by atoms with E-state index in [4.69, 9.17) is 0 Å². The van der Waals surface area contributed by atoms with E-state index in [1.807, 2.05) is 30.0 Å². The lowest BCUT2D eigenvalue weighted by atomic mass is 9.88. The molecule has 0 aliphatic heterocycles. The van der Waals surface area contributed by atoms with Crippen molar-refractivity contribution < 1.29 is 0 Å². The van der Waals surface area contributed by atoms with Crippen LogP contribution in [-0.4, -0.2) is 26.9 Å². The molecule has 0 unspecified atom stereocenters. The van der Waals surface area contributed by atoms with Crippen LogP contribution in [0.3, 0.4) is 0 Å². The van der Waals surface area contributed by atoms with Crippen LogP contribution in [0.15, 0.2) is 30.6 Å². The molecular formula is C16H23N3S. The molecule has 1 aliphatic carbocycles. The van der Waals surface area contributed by atoms with E-state index in [1.165, 1.54) is 32.1 Å². The van der Waals surface area contributed by atoms with Gasteiger partial charge in [-0.1, -0.05) is 25.3 Å². The molecule has 0 bridgehead atoms. The van der Waals surface area contributed by atoms with Crippen LogP contribution in [0.5, 0.6) is 0 Å². The summed E-state index contributed by atoms with van der Waals surface area (Å²) in [6, 6.07) is 6.12. The van der Waals surface area contributed by atoms with Crippen molar-refractivity contribution in [2.75, 3.05) is 12.8 Å². The zero-order valence-corrected chi connectivity index (χ0v) is 13.0. The molecule has 1 saturated carbocycles. The quantitative estimate of drug-likeness (QED) is 0.913. The van der Waals surface area contributed by atoms with Crippen molar-refractivity contribution >= 4 is 17.4 Å². The Morgan fingerprint density at radius 1 is 1.30 bits per heavy atom. The van der Waals surface area contributed by atoms with Gasteiger partial charge in [-0.3, -0.25) is 0 Å². The molecule has 108 valence electrons. The highest BCUT2D eigenvalue weighted by atomic mass is 32.2. The summed E-state index contributed by atoms with van der Waals surface area (Å²) in [5.74, 6) is 0. The summed E-state index contributed by atoms with van der Waals surface area (Å²) < 4.78 is 2.54. The third-order valence-corrected chi connectivity index (χ3v) is 5.78. The Balaban J connectivity index is 1.58. The highest BCUT2D eigenvalue weighted by Crippen LogP contribution is 2.37. The lowest BCUT2D eigenvalue weighted by molar-refractivity contribution is 0.379. The van der Waals surface area contributed by atoms with Gasteiger partial charge in [0.15, 0.2) is 0 Å². The number of fused-ring (bicyclic) bond motifs is 1. The summed E-state index contributed by atoms with van der Waals surface area (Å²) in [6.45, 7) is 1.96. The Morgan fingerprint density at radius 2 is 2.15 bits per heavy atom. The second kappa shape index (κ2) is 6.19. The van der Waals surface area contributed by atoms with Gasteiger partial charge in [0.05, 0.1) is 5.69 Å². The van der Waals surface area contributed by atoms with E-state index in [0.717, 1.165) is 24.4 Å². The zero-order valence-electron chi connectivity index (χ0n) is 12.1. The SMILES string of the molecule is CSC1(CNCc2cn3ccccc3n2)CCCCC1. The van der Waals surface area contributed by atoms with Gasteiger partial charge in [0.25, 0.3) is 0 Å². The van der Waals surface area contributed by atoms with Crippen LogP contribution in [0.1, 0.15) is 37.8 Å². The van der Waals surface area contributed by atoms with Crippen LogP contribution in [0.4, 0.5) is 0 Å². The molecule has 3 nitrogen and oxygen atoms in total.